The fourth-order valence-corrected chi connectivity index (χ4v) is 2.65. The molecular weight excluding hydrogens is 318 g/mol. The van der Waals surface area contributed by atoms with E-state index in [4.69, 9.17) is 12.2 Å². The summed E-state index contributed by atoms with van der Waals surface area (Å²) in [5.41, 5.74) is 3.18. The molecule has 0 aliphatic carbocycles. The van der Waals surface area contributed by atoms with E-state index in [1.807, 2.05) is 50.4 Å². The lowest BCUT2D eigenvalue weighted by Gasteiger charge is -2.14. The lowest BCUT2D eigenvalue weighted by atomic mass is 10.1. The Morgan fingerprint density at radius 2 is 1.96 bits per heavy atom. The maximum atomic E-state index is 5.37. The zero-order valence-electron chi connectivity index (χ0n) is 13.7. The van der Waals surface area contributed by atoms with E-state index < -0.39 is 0 Å². The maximum absolute atomic E-state index is 5.37. The monoisotopic (exact) mass is 337 g/mol. The molecule has 0 aliphatic rings. The third-order valence-corrected chi connectivity index (χ3v) is 3.89. The van der Waals surface area contributed by atoms with Crippen molar-refractivity contribution in [2.75, 3.05) is 5.32 Å². The second-order valence-corrected chi connectivity index (χ2v) is 5.85. The first-order valence-electron chi connectivity index (χ1n) is 7.70. The average Bonchev–Trinajstić information content (AvgIpc) is 2.99. The van der Waals surface area contributed by atoms with Gasteiger partial charge in [0.25, 0.3) is 0 Å². The van der Waals surface area contributed by atoms with Crippen molar-refractivity contribution >= 4 is 23.1 Å². The fourth-order valence-electron chi connectivity index (χ4n) is 2.48. The number of pyridine rings is 1. The minimum absolute atomic E-state index is 0.547. The number of benzene rings is 1. The van der Waals surface area contributed by atoms with Gasteiger partial charge in [-0.25, -0.2) is 9.97 Å². The smallest absolute Gasteiger partial charge is 0.172 e. The molecule has 2 heterocycles. The van der Waals surface area contributed by atoms with Crippen molar-refractivity contribution in [1.82, 2.24) is 19.9 Å². The molecule has 0 fully saturated rings. The van der Waals surface area contributed by atoms with Gasteiger partial charge in [-0.1, -0.05) is 24.3 Å². The van der Waals surface area contributed by atoms with E-state index in [9.17, 15) is 0 Å². The lowest BCUT2D eigenvalue weighted by molar-refractivity contribution is 0.884. The predicted molar refractivity (Wildman–Crippen MR) is 100 cm³/mol. The largest absolute Gasteiger partial charge is 0.358 e. The van der Waals surface area contributed by atoms with Crippen LogP contribution in [-0.4, -0.2) is 19.6 Å². The first-order valence-corrected chi connectivity index (χ1v) is 8.11. The van der Waals surface area contributed by atoms with Crippen molar-refractivity contribution < 1.29 is 0 Å². The number of nitrogens with one attached hydrogen (secondary N) is 2. The molecule has 0 saturated heterocycles. The Kier molecular flexibility index (Phi) is 4.86. The van der Waals surface area contributed by atoms with E-state index in [1.54, 1.807) is 6.20 Å². The van der Waals surface area contributed by atoms with E-state index in [0.717, 1.165) is 28.6 Å². The normalized spacial score (nSPS) is 10.4. The van der Waals surface area contributed by atoms with E-state index in [-0.39, 0.29) is 0 Å². The summed E-state index contributed by atoms with van der Waals surface area (Å²) < 4.78 is 2.07. The Bertz CT molecular complexity index is 856. The summed E-state index contributed by atoms with van der Waals surface area (Å²) in [5, 5.41) is 6.89. The van der Waals surface area contributed by atoms with Crippen molar-refractivity contribution in [2.24, 2.45) is 0 Å². The highest BCUT2D eigenvalue weighted by Crippen LogP contribution is 2.16. The molecule has 3 rings (SSSR count). The van der Waals surface area contributed by atoms with Crippen molar-refractivity contribution in [3.05, 3.63) is 71.9 Å². The summed E-state index contributed by atoms with van der Waals surface area (Å²) in [6.45, 7) is 4.55. The van der Waals surface area contributed by atoms with Gasteiger partial charge < -0.3 is 15.2 Å². The van der Waals surface area contributed by atoms with Crippen LogP contribution in [-0.2, 0) is 6.54 Å². The number of imidazole rings is 1. The SMILES string of the molecule is Cc1cccc(NC(=S)NCc2ccccc2-n2ccnc2C)n1. The van der Waals surface area contributed by atoms with E-state index in [0.29, 0.717) is 11.7 Å². The van der Waals surface area contributed by atoms with Crippen molar-refractivity contribution in [3.8, 4) is 5.69 Å². The summed E-state index contributed by atoms with van der Waals surface area (Å²) >= 11 is 5.37. The molecule has 2 N–H and O–H groups in total. The van der Waals surface area contributed by atoms with Gasteiger partial charge in [-0.2, -0.15) is 0 Å². The zero-order chi connectivity index (χ0) is 16.9. The van der Waals surface area contributed by atoms with Crippen LogP contribution in [0.15, 0.2) is 54.9 Å². The highest BCUT2D eigenvalue weighted by atomic mass is 32.1. The number of hydrogen-bond acceptors (Lipinski definition) is 3. The first-order chi connectivity index (χ1) is 11.6. The summed E-state index contributed by atoms with van der Waals surface area (Å²) in [6.07, 6.45) is 3.76. The van der Waals surface area contributed by atoms with E-state index in [2.05, 4.69) is 37.3 Å². The van der Waals surface area contributed by atoms with Gasteiger partial charge in [-0.05, 0) is 49.8 Å². The molecular formula is C18H19N5S. The van der Waals surface area contributed by atoms with Gasteiger partial charge in [0.15, 0.2) is 5.11 Å². The Labute approximate surface area is 146 Å². The maximum Gasteiger partial charge on any atom is 0.172 e. The third-order valence-electron chi connectivity index (χ3n) is 3.65. The molecule has 0 amide bonds. The highest BCUT2D eigenvalue weighted by molar-refractivity contribution is 7.80. The number of rotatable bonds is 4. The van der Waals surface area contributed by atoms with Crippen LogP contribution < -0.4 is 10.6 Å². The number of anilines is 1. The van der Waals surface area contributed by atoms with Crippen LogP contribution in [0, 0.1) is 13.8 Å². The first kappa shape index (κ1) is 16.1. The quantitative estimate of drug-likeness (QED) is 0.715. The van der Waals surface area contributed by atoms with Crippen LogP contribution in [0.2, 0.25) is 0 Å². The molecule has 1 aromatic carbocycles. The summed E-state index contributed by atoms with van der Waals surface area (Å²) in [6, 6.07) is 14.0. The molecule has 0 aliphatic heterocycles. The van der Waals surface area contributed by atoms with Crippen LogP contribution in [0.3, 0.4) is 0 Å². The average molecular weight is 337 g/mol. The minimum Gasteiger partial charge on any atom is -0.358 e. The molecule has 0 radical (unpaired) electrons. The second-order valence-electron chi connectivity index (χ2n) is 5.45. The van der Waals surface area contributed by atoms with Crippen LogP contribution in [0.5, 0.6) is 0 Å². The number of aromatic nitrogens is 3. The fraction of sp³-hybridized carbons (Fsp3) is 0.167. The van der Waals surface area contributed by atoms with Crippen molar-refractivity contribution in [1.29, 1.82) is 0 Å². The van der Waals surface area contributed by atoms with Crippen LogP contribution in [0.4, 0.5) is 5.82 Å². The van der Waals surface area contributed by atoms with Gasteiger partial charge in [-0.3, -0.25) is 0 Å². The number of para-hydroxylation sites is 1. The second kappa shape index (κ2) is 7.23. The Morgan fingerprint density at radius 3 is 2.71 bits per heavy atom. The number of aryl methyl sites for hydroxylation is 2. The highest BCUT2D eigenvalue weighted by Gasteiger charge is 2.07. The van der Waals surface area contributed by atoms with Crippen molar-refractivity contribution in [2.45, 2.75) is 20.4 Å². The topological polar surface area (TPSA) is 54.8 Å². The van der Waals surface area contributed by atoms with E-state index in [1.165, 1.54) is 0 Å². The number of hydrogen-bond donors (Lipinski definition) is 2. The standard InChI is InChI=1S/C18H19N5S/c1-13-6-5-9-17(21-13)22-18(24)20-12-15-7-3-4-8-16(15)23-11-10-19-14(23)2/h3-11H,12H2,1-2H3,(H2,20,21,22,24). The van der Waals surface area contributed by atoms with Crippen LogP contribution in [0.25, 0.3) is 5.69 Å². The van der Waals surface area contributed by atoms with Gasteiger partial charge in [0, 0.05) is 24.6 Å². The molecule has 122 valence electrons. The molecule has 0 unspecified atom stereocenters. The molecule has 6 heteroatoms. The molecule has 0 spiro atoms. The van der Waals surface area contributed by atoms with Crippen molar-refractivity contribution in [3.63, 3.8) is 0 Å². The Morgan fingerprint density at radius 1 is 1.12 bits per heavy atom. The van der Waals surface area contributed by atoms with Gasteiger partial charge in [0.2, 0.25) is 0 Å². The van der Waals surface area contributed by atoms with Gasteiger partial charge in [0.05, 0.1) is 5.69 Å². The minimum atomic E-state index is 0.547. The predicted octanol–water partition coefficient (Wildman–Crippen LogP) is 3.37. The van der Waals surface area contributed by atoms with Gasteiger partial charge in [0.1, 0.15) is 11.6 Å². The zero-order valence-corrected chi connectivity index (χ0v) is 14.5. The summed E-state index contributed by atoms with van der Waals surface area (Å²) in [4.78, 5) is 8.68. The molecule has 3 aromatic rings. The van der Waals surface area contributed by atoms with E-state index >= 15 is 0 Å². The van der Waals surface area contributed by atoms with Crippen LogP contribution in [0.1, 0.15) is 17.1 Å². The van der Waals surface area contributed by atoms with Crippen LogP contribution >= 0.6 is 12.2 Å². The summed E-state index contributed by atoms with van der Waals surface area (Å²) in [5.74, 6) is 1.69. The Hall–Kier alpha value is -2.73. The molecule has 2 aromatic heterocycles. The number of thiocarbonyl (C=S) groups is 1. The molecule has 0 bridgehead atoms. The third kappa shape index (κ3) is 3.78. The molecule has 5 nitrogen and oxygen atoms in total. The molecule has 0 atom stereocenters. The molecule has 0 saturated carbocycles. The Balaban J connectivity index is 1.69. The lowest BCUT2D eigenvalue weighted by Crippen LogP contribution is -2.28. The molecule has 24 heavy (non-hydrogen) atoms. The summed E-state index contributed by atoms with van der Waals surface area (Å²) in [7, 11) is 0. The number of nitrogens with zero attached hydrogens (tertiary/aromatic N) is 3. The van der Waals surface area contributed by atoms with Gasteiger partial charge in [-0.15, -0.1) is 0 Å². The van der Waals surface area contributed by atoms with Gasteiger partial charge >= 0.3 is 0 Å².